The van der Waals surface area contributed by atoms with Crippen LogP contribution < -0.4 is 5.73 Å². The molecule has 19 heavy (non-hydrogen) atoms. The van der Waals surface area contributed by atoms with E-state index in [9.17, 15) is 4.79 Å². The minimum absolute atomic E-state index is 0.140. The molecule has 1 heterocycles. The van der Waals surface area contributed by atoms with Gasteiger partial charge in [-0.2, -0.15) is 5.10 Å². The highest BCUT2D eigenvalue weighted by atomic mass is 79.9. The van der Waals surface area contributed by atoms with Crippen LogP contribution in [0.25, 0.3) is 0 Å². The van der Waals surface area contributed by atoms with E-state index in [1.807, 2.05) is 0 Å². The number of hydrogen-bond donors (Lipinski definition) is 1. The van der Waals surface area contributed by atoms with Crippen LogP contribution in [-0.4, -0.2) is 29.3 Å². The highest BCUT2D eigenvalue weighted by Crippen LogP contribution is 2.21. The van der Waals surface area contributed by atoms with E-state index in [4.69, 9.17) is 10.5 Å². The molecule has 5 nitrogen and oxygen atoms in total. The van der Waals surface area contributed by atoms with Crippen LogP contribution >= 0.6 is 15.9 Å². The zero-order valence-corrected chi connectivity index (χ0v) is 12.1. The van der Waals surface area contributed by atoms with Gasteiger partial charge in [-0.25, -0.2) is 0 Å². The van der Waals surface area contributed by atoms with Crippen LogP contribution in [0.15, 0.2) is 34.9 Å². The van der Waals surface area contributed by atoms with Crippen LogP contribution in [-0.2, 0) is 11.3 Å². The molecular weight excluding hydrogens is 310 g/mol. The quantitative estimate of drug-likeness (QED) is 0.675. The Kier molecular flexibility index (Phi) is 4.34. The second kappa shape index (κ2) is 5.99. The van der Waals surface area contributed by atoms with Crippen LogP contribution in [0.5, 0.6) is 0 Å². The lowest BCUT2D eigenvalue weighted by atomic mass is 10.1. The molecule has 0 spiro atoms. The molecule has 0 saturated heterocycles. The van der Waals surface area contributed by atoms with E-state index in [0.717, 1.165) is 4.47 Å². The zero-order chi connectivity index (χ0) is 13.8. The molecule has 0 atom stereocenters. The molecule has 0 fully saturated rings. The predicted octanol–water partition coefficient (Wildman–Crippen LogP) is 2.11. The molecule has 6 heteroatoms. The summed E-state index contributed by atoms with van der Waals surface area (Å²) in [6.07, 6.45) is 1.60. The van der Waals surface area contributed by atoms with Crippen molar-refractivity contribution < 1.29 is 9.53 Å². The maximum absolute atomic E-state index is 12.4. The molecule has 0 unspecified atom stereocenters. The van der Waals surface area contributed by atoms with Gasteiger partial charge in [0, 0.05) is 29.0 Å². The third-order valence-electron chi connectivity index (χ3n) is 2.71. The van der Waals surface area contributed by atoms with E-state index in [0.29, 0.717) is 30.1 Å². The fourth-order valence-corrected chi connectivity index (χ4v) is 2.14. The second-order valence-electron chi connectivity index (χ2n) is 3.99. The number of methoxy groups -OCH3 is 1. The first-order valence-corrected chi connectivity index (χ1v) is 6.53. The Balaban J connectivity index is 2.31. The van der Waals surface area contributed by atoms with Gasteiger partial charge in [-0.05, 0) is 24.3 Å². The topological polar surface area (TPSA) is 70.1 Å². The normalized spacial score (nSPS) is 10.6. The third kappa shape index (κ3) is 3.02. The Bertz CT molecular complexity index is 595. The number of carbonyl (C=O) groups is 1. The molecule has 0 aliphatic heterocycles. The minimum Gasteiger partial charge on any atom is -0.398 e. The van der Waals surface area contributed by atoms with Gasteiger partial charge in [-0.15, -0.1) is 0 Å². The number of ketones is 1. The second-order valence-corrected chi connectivity index (χ2v) is 4.91. The number of rotatable bonds is 5. The number of hydrogen-bond acceptors (Lipinski definition) is 4. The molecule has 0 amide bonds. The van der Waals surface area contributed by atoms with Crippen molar-refractivity contribution in [2.45, 2.75) is 6.54 Å². The van der Waals surface area contributed by atoms with Crippen molar-refractivity contribution in [2.24, 2.45) is 0 Å². The lowest BCUT2D eigenvalue weighted by molar-refractivity contribution is 0.102. The summed E-state index contributed by atoms with van der Waals surface area (Å²) >= 11 is 3.32. The average molecular weight is 324 g/mol. The summed E-state index contributed by atoms with van der Waals surface area (Å²) in [5.41, 5.74) is 7.30. The fraction of sp³-hybridized carbons (Fsp3) is 0.231. The molecule has 2 rings (SSSR count). The molecule has 0 radical (unpaired) electrons. The summed E-state index contributed by atoms with van der Waals surface area (Å²) < 4.78 is 7.45. The maximum Gasteiger partial charge on any atom is 0.213 e. The number of nitrogens with two attached hydrogens (primary N) is 1. The average Bonchev–Trinajstić information content (AvgIpc) is 2.83. The molecule has 0 saturated carbocycles. The van der Waals surface area contributed by atoms with E-state index in [2.05, 4.69) is 21.0 Å². The lowest BCUT2D eigenvalue weighted by Gasteiger charge is -2.08. The number of nitrogen functional groups attached to an aromatic ring is 1. The number of ether oxygens (including phenoxy) is 1. The molecule has 0 bridgehead atoms. The van der Waals surface area contributed by atoms with Gasteiger partial charge < -0.3 is 10.5 Å². The predicted molar refractivity (Wildman–Crippen MR) is 76.1 cm³/mol. The highest BCUT2D eigenvalue weighted by molar-refractivity contribution is 9.10. The minimum atomic E-state index is -0.140. The summed E-state index contributed by atoms with van der Waals surface area (Å²) in [6.45, 7) is 1.03. The van der Waals surface area contributed by atoms with Gasteiger partial charge in [-0.1, -0.05) is 15.9 Å². The Morgan fingerprint density at radius 3 is 2.95 bits per heavy atom. The first-order chi connectivity index (χ1) is 9.13. The summed E-state index contributed by atoms with van der Waals surface area (Å²) in [7, 11) is 1.61. The van der Waals surface area contributed by atoms with Crippen molar-refractivity contribution >= 4 is 27.4 Å². The standard InChI is InChI=1S/C13H14BrN3O2/c1-19-7-6-17-12(4-5-16-17)13(18)10-3-2-9(14)8-11(10)15/h2-5,8H,6-7,15H2,1H3. The van der Waals surface area contributed by atoms with Crippen LogP contribution in [0.2, 0.25) is 0 Å². The number of carbonyl (C=O) groups excluding carboxylic acids is 1. The molecule has 100 valence electrons. The number of anilines is 1. The Morgan fingerprint density at radius 2 is 2.26 bits per heavy atom. The molecule has 1 aromatic heterocycles. The van der Waals surface area contributed by atoms with Gasteiger partial charge in [-0.3, -0.25) is 9.48 Å². The number of benzene rings is 1. The Hall–Kier alpha value is -1.66. The van der Waals surface area contributed by atoms with Gasteiger partial charge in [0.1, 0.15) is 5.69 Å². The van der Waals surface area contributed by atoms with Gasteiger partial charge in [0.2, 0.25) is 5.78 Å². The van der Waals surface area contributed by atoms with Crippen molar-refractivity contribution in [1.82, 2.24) is 9.78 Å². The van der Waals surface area contributed by atoms with Crippen LogP contribution in [0.4, 0.5) is 5.69 Å². The van der Waals surface area contributed by atoms with Crippen molar-refractivity contribution in [3.05, 3.63) is 46.2 Å². The first-order valence-electron chi connectivity index (χ1n) is 5.74. The van der Waals surface area contributed by atoms with Gasteiger partial charge in [0.15, 0.2) is 0 Å². The van der Waals surface area contributed by atoms with Crippen molar-refractivity contribution in [3.8, 4) is 0 Å². The zero-order valence-electron chi connectivity index (χ0n) is 10.5. The Morgan fingerprint density at radius 1 is 1.47 bits per heavy atom. The van der Waals surface area contributed by atoms with Crippen LogP contribution in [0, 0.1) is 0 Å². The first kappa shape index (κ1) is 13.8. The SMILES string of the molecule is COCCn1nccc1C(=O)c1ccc(Br)cc1N. The summed E-state index contributed by atoms with van der Waals surface area (Å²) in [4.78, 5) is 12.4. The van der Waals surface area contributed by atoms with Crippen molar-refractivity contribution in [1.29, 1.82) is 0 Å². The van der Waals surface area contributed by atoms with Crippen molar-refractivity contribution in [2.75, 3.05) is 19.5 Å². The highest BCUT2D eigenvalue weighted by Gasteiger charge is 2.16. The molecule has 2 aromatic rings. The monoisotopic (exact) mass is 323 g/mol. The van der Waals surface area contributed by atoms with Crippen molar-refractivity contribution in [3.63, 3.8) is 0 Å². The van der Waals surface area contributed by atoms with E-state index in [1.165, 1.54) is 0 Å². The fourth-order valence-electron chi connectivity index (χ4n) is 1.76. The summed E-state index contributed by atoms with van der Waals surface area (Å²) in [6, 6.07) is 6.89. The number of nitrogens with zero attached hydrogens (tertiary/aromatic N) is 2. The third-order valence-corrected chi connectivity index (χ3v) is 3.21. The maximum atomic E-state index is 12.4. The molecule has 0 aliphatic rings. The van der Waals surface area contributed by atoms with E-state index in [1.54, 1.807) is 42.3 Å². The van der Waals surface area contributed by atoms with E-state index in [-0.39, 0.29) is 5.78 Å². The van der Waals surface area contributed by atoms with E-state index < -0.39 is 0 Å². The largest absolute Gasteiger partial charge is 0.398 e. The summed E-state index contributed by atoms with van der Waals surface area (Å²) in [5, 5.41) is 4.11. The van der Waals surface area contributed by atoms with Gasteiger partial charge >= 0.3 is 0 Å². The molecular formula is C13H14BrN3O2. The van der Waals surface area contributed by atoms with Crippen LogP contribution in [0.3, 0.4) is 0 Å². The van der Waals surface area contributed by atoms with Gasteiger partial charge in [0.25, 0.3) is 0 Å². The summed E-state index contributed by atoms with van der Waals surface area (Å²) in [5.74, 6) is -0.140. The molecule has 0 aliphatic carbocycles. The number of aromatic nitrogens is 2. The molecule has 1 aromatic carbocycles. The molecule has 2 N–H and O–H groups in total. The van der Waals surface area contributed by atoms with Crippen LogP contribution in [0.1, 0.15) is 16.1 Å². The van der Waals surface area contributed by atoms with E-state index >= 15 is 0 Å². The smallest absolute Gasteiger partial charge is 0.213 e. The number of halogens is 1. The van der Waals surface area contributed by atoms with Gasteiger partial charge in [0.05, 0.1) is 13.2 Å². The Labute approximate surface area is 119 Å². The lowest BCUT2D eigenvalue weighted by Crippen LogP contribution is -2.15.